The van der Waals surface area contributed by atoms with E-state index in [1.165, 1.54) is 10.6 Å². The molecule has 0 fully saturated rings. The van der Waals surface area contributed by atoms with E-state index >= 15 is 0 Å². The van der Waals surface area contributed by atoms with Gasteiger partial charge in [0.2, 0.25) is 0 Å². The molecule has 1 heterocycles. The topological polar surface area (TPSA) is 51.2 Å². The lowest BCUT2D eigenvalue weighted by Crippen LogP contribution is -2.18. The Bertz CT molecular complexity index is 670. The third-order valence-electron chi connectivity index (χ3n) is 4.24. The molecule has 26 heavy (non-hydrogen) atoms. The van der Waals surface area contributed by atoms with Crippen LogP contribution >= 0.6 is 11.3 Å². The number of anilines is 1. The van der Waals surface area contributed by atoms with Gasteiger partial charge in [-0.25, -0.2) is 4.98 Å². The molecule has 0 aliphatic carbocycles. The highest BCUT2D eigenvalue weighted by Crippen LogP contribution is 2.34. The molecule has 1 aromatic heterocycles. The van der Waals surface area contributed by atoms with Gasteiger partial charge in [0, 0.05) is 17.3 Å². The van der Waals surface area contributed by atoms with Crippen molar-refractivity contribution < 1.29 is 9.53 Å². The highest BCUT2D eigenvalue weighted by Gasteiger charge is 2.20. The van der Waals surface area contributed by atoms with Gasteiger partial charge >= 0.3 is 5.97 Å². The predicted molar refractivity (Wildman–Crippen MR) is 109 cm³/mol. The van der Waals surface area contributed by atoms with Crippen LogP contribution in [0.15, 0.2) is 30.3 Å². The third kappa shape index (κ3) is 5.56. The van der Waals surface area contributed by atoms with Crippen LogP contribution in [0.25, 0.3) is 0 Å². The minimum atomic E-state index is -0.159. The number of carbonyl (C=O) groups excluding carboxylic acids is 1. The van der Waals surface area contributed by atoms with Crippen molar-refractivity contribution in [3.63, 3.8) is 0 Å². The summed E-state index contributed by atoms with van der Waals surface area (Å²) >= 11 is 1.72. The first-order valence-electron chi connectivity index (χ1n) is 9.37. The fraction of sp³-hybridized carbons (Fsp3) is 0.524. The summed E-state index contributed by atoms with van der Waals surface area (Å²) in [5.74, 6) is 0.769. The average molecular weight is 375 g/mol. The average Bonchev–Trinajstić information content (AvgIpc) is 3.04. The van der Waals surface area contributed by atoms with Gasteiger partial charge in [-0.15, -0.1) is 11.3 Å². The van der Waals surface area contributed by atoms with Gasteiger partial charge in [-0.2, -0.15) is 0 Å². The zero-order chi connectivity index (χ0) is 19.1. The van der Waals surface area contributed by atoms with Gasteiger partial charge in [-0.3, -0.25) is 4.79 Å². The minimum Gasteiger partial charge on any atom is -0.466 e. The fourth-order valence-corrected chi connectivity index (χ4v) is 4.04. The van der Waals surface area contributed by atoms with E-state index in [0.29, 0.717) is 31.4 Å². The predicted octanol–water partition coefficient (Wildman–Crippen LogP) is 5.54. The highest BCUT2D eigenvalue weighted by atomic mass is 32.1. The Balaban J connectivity index is 2.14. The number of nitrogens with one attached hydrogen (secondary N) is 1. The maximum Gasteiger partial charge on any atom is 0.306 e. The van der Waals surface area contributed by atoms with Gasteiger partial charge in [-0.05, 0) is 24.3 Å². The van der Waals surface area contributed by atoms with E-state index in [0.717, 1.165) is 10.7 Å². The molecule has 1 atom stereocenters. The molecule has 142 valence electrons. The van der Waals surface area contributed by atoms with Crippen molar-refractivity contribution in [3.05, 3.63) is 46.5 Å². The summed E-state index contributed by atoms with van der Waals surface area (Å²) in [5, 5.41) is 4.39. The van der Waals surface area contributed by atoms with Crippen LogP contribution in [0.4, 0.5) is 5.13 Å². The van der Waals surface area contributed by atoms with Crippen LogP contribution in [0.1, 0.15) is 74.9 Å². The Kier molecular flexibility index (Phi) is 7.64. The van der Waals surface area contributed by atoms with Crippen LogP contribution in [0.5, 0.6) is 0 Å². The van der Waals surface area contributed by atoms with Crippen LogP contribution < -0.4 is 5.32 Å². The SMILES string of the molecule is CCOC(=O)CC(CNc1nc(C(C)C)c(C(C)C)s1)c1ccccc1. The molecule has 0 amide bonds. The molecule has 0 aliphatic heterocycles. The number of aromatic nitrogens is 1. The fourth-order valence-electron chi connectivity index (χ4n) is 2.91. The summed E-state index contributed by atoms with van der Waals surface area (Å²) < 4.78 is 5.15. The van der Waals surface area contributed by atoms with E-state index in [-0.39, 0.29) is 11.9 Å². The third-order valence-corrected chi connectivity index (χ3v) is 5.57. The summed E-state index contributed by atoms with van der Waals surface area (Å²) in [4.78, 5) is 18.2. The van der Waals surface area contributed by atoms with Crippen LogP contribution in [0.2, 0.25) is 0 Å². The molecular formula is C21H30N2O2S. The van der Waals surface area contributed by atoms with Gasteiger partial charge in [0.15, 0.2) is 5.13 Å². The number of hydrogen-bond donors (Lipinski definition) is 1. The van der Waals surface area contributed by atoms with E-state index in [1.54, 1.807) is 11.3 Å². The maximum absolute atomic E-state index is 12.0. The van der Waals surface area contributed by atoms with Crippen LogP contribution in [0.3, 0.4) is 0 Å². The summed E-state index contributed by atoms with van der Waals surface area (Å²) in [6.07, 6.45) is 0.365. The molecule has 0 saturated carbocycles. The van der Waals surface area contributed by atoms with E-state index in [4.69, 9.17) is 9.72 Å². The summed E-state index contributed by atoms with van der Waals surface area (Å²) in [6, 6.07) is 10.1. The number of nitrogens with zero attached hydrogens (tertiary/aromatic N) is 1. The van der Waals surface area contributed by atoms with Crippen molar-refractivity contribution in [2.75, 3.05) is 18.5 Å². The maximum atomic E-state index is 12.0. The van der Waals surface area contributed by atoms with E-state index in [1.807, 2.05) is 25.1 Å². The Morgan fingerprint density at radius 2 is 1.85 bits per heavy atom. The number of benzene rings is 1. The normalized spacial score (nSPS) is 12.4. The quantitative estimate of drug-likeness (QED) is 0.586. The number of rotatable bonds is 9. The molecule has 0 saturated heterocycles. The first-order chi connectivity index (χ1) is 12.4. The molecular weight excluding hydrogens is 344 g/mol. The summed E-state index contributed by atoms with van der Waals surface area (Å²) in [5.41, 5.74) is 2.31. The lowest BCUT2D eigenvalue weighted by Gasteiger charge is -2.17. The van der Waals surface area contributed by atoms with Gasteiger partial charge in [0.1, 0.15) is 0 Å². The Labute approximate surface area is 161 Å². The molecule has 1 unspecified atom stereocenters. The number of hydrogen-bond acceptors (Lipinski definition) is 5. The minimum absolute atomic E-state index is 0.0594. The monoisotopic (exact) mass is 374 g/mol. The van der Waals surface area contributed by atoms with Crippen molar-refractivity contribution in [1.82, 2.24) is 4.98 Å². The number of ether oxygens (including phenoxy) is 1. The van der Waals surface area contributed by atoms with Gasteiger partial charge in [-0.1, -0.05) is 58.0 Å². The molecule has 4 nitrogen and oxygen atoms in total. The molecule has 0 spiro atoms. The van der Waals surface area contributed by atoms with Crippen LogP contribution in [0, 0.1) is 0 Å². The molecule has 0 bridgehead atoms. The van der Waals surface area contributed by atoms with Crippen molar-refractivity contribution in [2.24, 2.45) is 0 Å². The lowest BCUT2D eigenvalue weighted by molar-refractivity contribution is -0.143. The number of thiazole rings is 1. The zero-order valence-electron chi connectivity index (χ0n) is 16.4. The van der Waals surface area contributed by atoms with Crippen molar-refractivity contribution in [1.29, 1.82) is 0 Å². The van der Waals surface area contributed by atoms with E-state index in [9.17, 15) is 4.79 Å². The highest BCUT2D eigenvalue weighted by molar-refractivity contribution is 7.15. The van der Waals surface area contributed by atoms with E-state index in [2.05, 4.69) is 45.1 Å². The zero-order valence-corrected chi connectivity index (χ0v) is 17.2. The molecule has 1 aromatic carbocycles. The van der Waals surface area contributed by atoms with Crippen molar-refractivity contribution >= 4 is 22.4 Å². The first-order valence-corrected chi connectivity index (χ1v) is 10.2. The second kappa shape index (κ2) is 9.72. The Morgan fingerprint density at radius 1 is 1.15 bits per heavy atom. The summed E-state index contributed by atoms with van der Waals surface area (Å²) in [6.45, 7) is 11.7. The molecule has 1 N–H and O–H groups in total. The lowest BCUT2D eigenvalue weighted by atomic mass is 9.96. The number of esters is 1. The first kappa shape index (κ1) is 20.4. The molecule has 5 heteroatoms. The van der Waals surface area contributed by atoms with Crippen LogP contribution in [-0.4, -0.2) is 24.1 Å². The van der Waals surface area contributed by atoms with Crippen LogP contribution in [-0.2, 0) is 9.53 Å². The molecule has 2 rings (SSSR count). The van der Waals surface area contributed by atoms with E-state index < -0.39 is 0 Å². The largest absolute Gasteiger partial charge is 0.466 e. The van der Waals surface area contributed by atoms with Gasteiger partial charge in [0.25, 0.3) is 0 Å². The smallest absolute Gasteiger partial charge is 0.306 e. The molecule has 0 radical (unpaired) electrons. The summed E-state index contributed by atoms with van der Waals surface area (Å²) in [7, 11) is 0. The molecule has 0 aliphatic rings. The molecule has 2 aromatic rings. The van der Waals surface area contributed by atoms with Gasteiger partial charge in [0.05, 0.1) is 18.7 Å². The standard InChI is InChI=1S/C21H30N2O2S/c1-6-25-18(24)12-17(16-10-8-7-9-11-16)13-22-21-23-19(14(2)3)20(26-21)15(4)5/h7-11,14-15,17H,6,12-13H2,1-5H3,(H,22,23). The Morgan fingerprint density at radius 3 is 2.38 bits per heavy atom. The number of carbonyl (C=O) groups is 1. The Hall–Kier alpha value is -1.88. The second-order valence-corrected chi connectivity index (χ2v) is 8.11. The van der Waals surface area contributed by atoms with Gasteiger partial charge < -0.3 is 10.1 Å². The second-order valence-electron chi connectivity index (χ2n) is 7.08. The van der Waals surface area contributed by atoms with Crippen molar-refractivity contribution in [3.8, 4) is 0 Å². The van der Waals surface area contributed by atoms with Crippen molar-refractivity contribution in [2.45, 2.75) is 58.8 Å².